The highest BCUT2D eigenvalue weighted by Gasteiger charge is 2.34. The van der Waals surface area contributed by atoms with E-state index in [1.165, 1.54) is 0 Å². The largest absolute Gasteiger partial charge is 0.493 e. The molecule has 1 aliphatic rings. The molecule has 0 N–H and O–H groups in total. The van der Waals surface area contributed by atoms with Crippen molar-refractivity contribution >= 4 is 17.5 Å². The summed E-state index contributed by atoms with van der Waals surface area (Å²) in [6.45, 7) is 10.8. The topological polar surface area (TPSA) is 69.9 Å². The van der Waals surface area contributed by atoms with Crippen LogP contribution in [-0.2, 0) is 6.42 Å². The maximum atomic E-state index is 12.8. The van der Waals surface area contributed by atoms with E-state index in [1.54, 1.807) is 31.1 Å². The van der Waals surface area contributed by atoms with Crippen LogP contribution in [0.2, 0.25) is 0 Å². The van der Waals surface area contributed by atoms with Gasteiger partial charge in [0.1, 0.15) is 5.70 Å². The lowest BCUT2D eigenvalue weighted by Gasteiger charge is -2.39. The third kappa shape index (κ3) is 4.71. The molecule has 1 atom stereocenters. The molecule has 1 unspecified atom stereocenters. The summed E-state index contributed by atoms with van der Waals surface area (Å²) in [6.07, 6.45) is 5.53. The molecule has 1 aromatic heterocycles. The van der Waals surface area contributed by atoms with Gasteiger partial charge in [0.05, 0.1) is 25.0 Å². The second kappa shape index (κ2) is 9.30. The first-order chi connectivity index (χ1) is 14.7. The maximum absolute atomic E-state index is 12.8. The zero-order valence-electron chi connectivity index (χ0n) is 18.9. The highest BCUT2D eigenvalue weighted by Crippen LogP contribution is 2.45. The Kier molecular flexibility index (Phi) is 6.94. The van der Waals surface area contributed by atoms with Crippen molar-refractivity contribution in [2.75, 3.05) is 25.7 Å². The number of pyridine rings is 1. The van der Waals surface area contributed by atoms with Crippen LogP contribution in [0, 0.1) is 10.3 Å². The van der Waals surface area contributed by atoms with Crippen LogP contribution in [0.3, 0.4) is 0 Å². The minimum absolute atomic E-state index is 0.0506. The first kappa shape index (κ1) is 23.1. The molecule has 0 amide bonds. The van der Waals surface area contributed by atoms with E-state index in [9.17, 15) is 9.70 Å². The highest BCUT2D eigenvalue weighted by atomic mass is 32.2. The fourth-order valence-corrected chi connectivity index (χ4v) is 4.39. The van der Waals surface area contributed by atoms with E-state index in [4.69, 9.17) is 9.47 Å². The molecule has 0 spiro atoms. The summed E-state index contributed by atoms with van der Waals surface area (Å²) in [5.74, 6) is 2.40. The number of rotatable bonds is 8. The molecule has 1 aromatic carbocycles. The van der Waals surface area contributed by atoms with E-state index in [0.717, 1.165) is 41.2 Å². The zero-order valence-corrected chi connectivity index (χ0v) is 19.7. The van der Waals surface area contributed by atoms with E-state index in [0.29, 0.717) is 12.4 Å². The Morgan fingerprint density at radius 2 is 2.03 bits per heavy atom. The number of ether oxygens (including phenoxy) is 2. The van der Waals surface area contributed by atoms with Gasteiger partial charge in [0.15, 0.2) is 16.9 Å². The van der Waals surface area contributed by atoms with Crippen molar-refractivity contribution in [3.05, 3.63) is 57.2 Å². The Labute approximate surface area is 187 Å². The summed E-state index contributed by atoms with van der Waals surface area (Å²) in [7, 11) is 1.62. The van der Waals surface area contributed by atoms with Crippen LogP contribution in [0.25, 0.3) is 17.0 Å². The predicted octanol–water partition coefficient (Wildman–Crippen LogP) is 5.54. The third-order valence-corrected chi connectivity index (χ3v) is 6.36. The summed E-state index contributed by atoms with van der Waals surface area (Å²) in [4.78, 5) is 23.8. The molecule has 7 heteroatoms. The fourth-order valence-electron chi connectivity index (χ4n) is 3.99. The molecule has 0 radical (unpaired) electrons. The summed E-state index contributed by atoms with van der Waals surface area (Å²) in [5, 5.41) is 2.88. The number of benzene rings is 1. The van der Waals surface area contributed by atoms with Crippen LogP contribution in [0.15, 0.2) is 40.9 Å². The summed E-state index contributed by atoms with van der Waals surface area (Å²) in [5.41, 5.74) is 2.66. The van der Waals surface area contributed by atoms with Crippen molar-refractivity contribution in [1.29, 1.82) is 0 Å². The molecule has 3 rings (SSSR count). The third-order valence-electron chi connectivity index (χ3n) is 5.67. The maximum Gasteiger partial charge on any atom is 0.191 e. The van der Waals surface area contributed by atoms with Gasteiger partial charge in [-0.3, -0.25) is 4.79 Å². The molecule has 6 nitrogen and oxygen atoms in total. The lowest BCUT2D eigenvalue weighted by Crippen LogP contribution is -2.32. The first-order valence-corrected chi connectivity index (χ1v) is 11.7. The van der Waals surface area contributed by atoms with Crippen molar-refractivity contribution in [2.45, 2.75) is 39.7 Å². The Morgan fingerprint density at radius 3 is 2.65 bits per heavy atom. The van der Waals surface area contributed by atoms with Gasteiger partial charge in [-0.05, 0) is 53.1 Å². The number of aromatic nitrogens is 1. The van der Waals surface area contributed by atoms with Crippen molar-refractivity contribution in [1.82, 2.24) is 4.57 Å². The van der Waals surface area contributed by atoms with Gasteiger partial charge in [-0.25, -0.2) is 0 Å². The predicted molar refractivity (Wildman–Crippen MR) is 128 cm³/mol. The van der Waals surface area contributed by atoms with Gasteiger partial charge in [-0.2, -0.15) is 11.8 Å². The van der Waals surface area contributed by atoms with E-state index in [1.807, 2.05) is 12.1 Å². The van der Waals surface area contributed by atoms with Crippen LogP contribution < -0.4 is 14.9 Å². The Morgan fingerprint density at radius 1 is 1.29 bits per heavy atom. The number of hydrogen-bond acceptors (Lipinski definition) is 6. The number of nitrogens with zero attached hydrogens (tertiary/aromatic N) is 2. The van der Waals surface area contributed by atoms with Gasteiger partial charge in [-0.15, -0.1) is 4.91 Å². The van der Waals surface area contributed by atoms with Crippen molar-refractivity contribution in [3.63, 3.8) is 0 Å². The summed E-state index contributed by atoms with van der Waals surface area (Å²) >= 11 is 1.79. The first-order valence-electron chi connectivity index (χ1n) is 10.3. The zero-order chi connectivity index (χ0) is 22.8. The lowest BCUT2D eigenvalue weighted by molar-refractivity contribution is 0.236. The monoisotopic (exact) mass is 442 g/mol. The molecular weight excluding hydrogens is 412 g/mol. The van der Waals surface area contributed by atoms with Gasteiger partial charge in [-0.1, -0.05) is 27.4 Å². The van der Waals surface area contributed by atoms with Crippen LogP contribution in [0.1, 0.15) is 44.4 Å². The average Bonchev–Trinajstić information content (AvgIpc) is 2.73. The van der Waals surface area contributed by atoms with Crippen molar-refractivity contribution in [3.8, 4) is 22.8 Å². The van der Waals surface area contributed by atoms with Crippen LogP contribution >= 0.6 is 11.8 Å². The molecule has 0 aliphatic carbocycles. The molecule has 1 aliphatic heterocycles. The van der Waals surface area contributed by atoms with Crippen molar-refractivity contribution in [2.24, 2.45) is 10.6 Å². The number of fused-ring (bicyclic) bond motifs is 3. The van der Waals surface area contributed by atoms with Gasteiger partial charge >= 0.3 is 0 Å². The van der Waals surface area contributed by atoms with E-state index in [2.05, 4.69) is 43.3 Å². The van der Waals surface area contributed by atoms with Gasteiger partial charge < -0.3 is 14.0 Å². The minimum Gasteiger partial charge on any atom is -0.493 e. The Hall–Kier alpha value is -2.54. The fraction of sp³-hybridized carbons (Fsp3) is 0.458. The van der Waals surface area contributed by atoms with Crippen LogP contribution in [-0.4, -0.2) is 30.3 Å². The standard InChI is InChI=1S/C24H30N2O4S/c1-15(25-28)18-14-26-19(13-20(18)27)17-12-21(29-5)22(30-8-7-9-31-6)10-16(17)11-23(26)24(2,3)4/h10,12-14,23H,1,7-9,11H2,2-6H3. The molecule has 2 heterocycles. The quantitative estimate of drug-likeness (QED) is 0.397. The lowest BCUT2D eigenvalue weighted by atomic mass is 9.78. The normalized spacial score (nSPS) is 15.1. The molecule has 2 aromatic rings. The smallest absolute Gasteiger partial charge is 0.191 e. The molecular formula is C24H30N2O4S. The van der Waals surface area contributed by atoms with Crippen LogP contribution in [0.4, 0.5) is 0 Å². The van der Waals surface area contributed by atoms with Gasteiger partial charge in [0.25, 0.3) is 0 Å². The molecule has 0 fully saturated rings. The van der Waals surface area contributed by atoms with E-state index in [-0.39, 0.29) is 28.1 Å². The number of hydrogen-bond donors (Lipinski definition) is 0. The molecule has 0 saturated carbocycles. The van der Waals surface area contributed by atoms with Gasteiger partial charge in [0.2, 0.25) is 0 Å². The molecule has 0 saturated heterocycles. The number of nitroso groups, excluding NO2 is 1. The van der Waals surface area contributed by atoms with Gasteiger partial charge in [0, 0.05) is 23.9 Å². The molecule has 0 bridgehead atoms. The summed E-state index contributed by atoms with van der Waals surface area (Å²) in [6, 6.07) is 5.63. The summed E-state index contributed by atoms with van der Waals surface area (Å²) < 4.78 is 13.7. The average molecular weight is 443 g/mol. The SMILES string of the molecule is C=C(N=O)c1cn2c(cc1=O)-c1cc(OC)c(OCCCSC)cc1CC2C(C)(C)C. The Bertz CT molecular complexity index is 1050. The molecule has 31 heavy (non-hydrogen) atoms. The minimum atomic E-state index is -0.271. The number of methoxy groups -OCH3 is 1. The van der Waals surface area contributed by atoms with Crippen molar-refractivity contribution < 1.29 is 9.47 Å². The van der Waals surface area contributed by atoms with E-state index < -0.39 is 0 Å². The second-order valence-electron chi connectivity index (χ2n) is 8.82. The van der Waals surface area contributed by atoms with Crippen LogP contribution in [0.5, 0.6) is 11.5 Å². The van der Waals surface area contributed by atoms with E-state index >= 15 is 0 Å². The molecule has 166 valence electrons. The second-order valence-corrected chi connectivity index (χ2v) is 9.81. The highest BCUT2D eigenvalue weighted by molar-refractivity contribution is 7.98. The Balaban J connectivity index is 2.15. The number of thioether (sulfide) groups is 1.